The quantitative estimate of drug-likeness (QED) is 0.221. The standard InChI is InChI=1S/C17H28FN3O5S2/c1-16(2,6-4-13(23)20-28)26-9-7-17(3,18)19-12(22)5-8-21-14(24)10-11(27)15(21)25/h11,27-28H,4-10H2,1-3H3,(H,19,22)(H,20,23). The number of carbonyl (C=O) groups excluding carboxylic acids is 4. The van der Waals surface area contributed by atoms with Crippen molar-refractivity contribution in [3.8, 4) is 0 Å². The summed E-state index contributed by atoms with van der Waals surface area (Å²) in [7, 11) is 0. The predicted octanol–water partition coefficient (Wildman–Crippen LogP) is 1.16. The zero-order chi connectivity index (χ0) is 21.5. The molecule has 2 N–H and O–H groups in total. The van der Waals surface area contributed by atoms with E-state index in [0.717, 1.165) is 4.90 Å². The molecular formula is C17H28FN3O5S2. The fourth-order valence-electron chi connectivity index (χ4n) is 2.59. The number of nitrogens with one attached hydrogen (secondary N) is 2. The highest BCUT2D eigenvalue weighted by Gasteiger charge is 2.36. The van der Waals surface area contributed by atoms with Crippen molar-refractivity contribution in [2.75, 3.05) is 13.2 Å². The van der Waals surface area contributed by atoms with E-state index in [4.69, 9.17) is 4.74 Å². The predicted molar refractivity (Wildman–Crippen MR) is 107 cm³/mol. The maximum Gasteiger partial charge on any atom is 0.242 e. The first-order chi connectivity index (χ1) is 12.9. The molecule has 0 saturated carbocycles. The number of alkyl halides is 1. The van der Waals surface area contributed by atoms with Gasteiger partial charge in [0.1, 0.15) is 0 Å². The van der Waals surface area contributed by atoms with Crippen LogP contribution in [0.5, 0.6) is 0 Å². The van der Waals surface area contributed by atoms with E-state index in [0.29, 0.717) is 6.42 Å². The largest absolute Gasteiger partial charge is 0.375 e. The topological polar surface area (TPSA) is 105 Å². The minimum absolute atomic E-state index is 0.00711. The number of hydrogen-bond acceptors (Lipinski definition) is 7. The highest BCUT2D eigenvalue weighted by Crippen LogP contribution is 2.20. The molecule has 0 aliphatic carbocycles. The number of halogens is 1. The molecule has 4 amide bonds. The first-order valence-corrected chi connectivity index (χ1v) is 9.92. The van der Waals surface area contributed by atoms with Crippen LogP contribution in [0.2, 0.25) is 0 Å². The van der Waals surface area contributed by atoms with E-state index in [1.165, 1.54) is 6.92 Å². The lowest BCUT2D eigenvalue weighted by molar-refractivity contribution is -0.138. The van der Waals surface area contributed by atoms with Gasteiger partial charge in [-0.2, -0.15) is 12.6 Å². The van der Waals surface area contributed by atoms with Crippen molar-refractivity contribution >= 4 is 49.1 Å². The van der Waals surface area contributed by atoms with Crippen LogP contribution in [-0.4, -0.2) is 58.3 Å². The number of likely N-dealkylation sites (tertiary alicyclic amines) is 1. The van der Waals surface area contributed by atoms with E-state index in [1.54, 1.807) is 13.8 Å². The third-order valence-electron chi connectivity index (χ3n) is 4.33. The van der Waals surface area contributed by atoms with Crippen LogP contribution in [0.1, 0.15) is 52.9 Å². The molecule has 1 aliphatic rings. The van der Waals surface area contributed by atoms with Crippen molar-refractivity contribution in [1.29, 1.82) is 0 Å². The Balaban J connectivity index is 2.36. The summed E-state index contributed by atoms with van der Waals surface area (Å²) in [4.78, 5) is 47.6. The molecule has 1 saturated heterocycles. The highest BCUT2D eigenvalue weighted by atomic mass is 32.1. The molecule has 0 aromatic heterocycles. The maximum absolute atomic E-state index is 14.6. The van der Waals surface area contributed by atoms with Crippen LogP contribution in [0, 0.1) is 0 Å². The zero-order valence-corrected chi connectivity index (χ0v) is 18.1. The van der Waals surface area contributed by atoms with Gasteiger partial charge >= 0.3 is 0 Å². The van der Waals surface area contributed by atoms with Crippen LogP contribution in [0.4, 0.5) is 4.39 Å². The monoisotopic (exact) mass is 437 g/mol. The summed E-state index contributed by atoms with van der Waals surface area (Å²) in [6, 6.07) is 0. The minimum Gasteiger partial charge on any atom is -0.375 e. The Kier molecular flexibility index (Phi) is 9.22. The molecule has 0 aromatic carbocycles. The molecule has 1 fully saturated rings. The molecule has 1 heterocycles. The van der Waals surface area contributed by atoms with Crippen LogP contribution in [0.3, 0.4) is 0 Å². The smallest absolute Gasteiger partial charge is 0.242 e. The van der Waals surface area contributed by atoms with Gasteiger partial charge in [-0.15, -0.1) is 0 Å². The number of carbonyl (C=O) groups is 4. The van der Waals surface area contributed by atoms with Gasteiger partial charge in [-0.05, 0) is 27.2 Å². The lowest BCUT2D eigenvalue weighted by atomic mass is 10.0. The Bertz CT molecular complexity index is 616. The van der Waals surface area contributed by atoms with Crippen molar-refractivity contribution in [2.45, 2.75) is 69.5 Å². The van der Waals surface area contributed by atoms with Crippen molar-refractivity contribution in [3.05, 3.63) is 0 Å². The summed E-state index contributed by atoms with van der Waals surface area (Å²) in [5.74, 6) is -3.69. The second kappa shape index (κ2) is 10.4. The van der Waals surface area contributed by atoms with Gasteiger partial charge in [0.2, 0.25) is 23.6 Å². The summed E-state index contributed by atoms with van der Waals surface area (Å²) in [6.45, 7) is 4.71. The molecule has 8 nitrogen and oxygen atoms in total. The fraction of sp³-hybridized carbons (Fsp3) is 0.765. The third kappa shape index (κ3) is 8.36. The van der Waals surface area contributed by atoms with Gasteiger partial charge in [-0.1, -0.05) is 12.8 Å². The Morgan fingerprint density at radius 1 is 1.21 bits per heavy atom. The van der Waals surface area contributed by atoms with E-state index in [1.807, 2.05) is 0 Å². The molecule has 160 valence electrons. The molecule has 0 radical (unpaired) electrons. The molecule has 1 rings (SSSR count). The molecule has 0 aromatic rings. The molecule has 2 unspecified atom stereocenters. The van der Waals surface area contributed by atoms with Gasteiger partial charge in [0, 0.05) is 32.2 Å². The van der Waals surface area contributed by atoms with Gasteiger partial charge < -0.3 is 14.8 Å². The van der Waals surface area contributed by atoms with E-state index < -0.39 is 28.5 Å². The average molecular weight is 438 g/mol. The van der Waals surface area contributed by atoms with Crippen molar-refractivity contribution in [2.24, 2.45) is 0 Å². The van der Waals surface area contributed by atoms with Crippen LogP contribution >= 0.6 is 25.4 Å². The summed E-state index contributed by atoms with van der Waals surface area (Å²) >= 11 is 7.67. The van der Waals surface area contributed by atoms with E-state index in [9.17, 15) is 23.6 Å². The van der Waals surface area contributed by atoms with Gasteiger partial charge in [-0.25, -0.2) is 4.39 Å². The summed E-state index contributed by atoms with van der Waals surface area (Å²) < 4.78 is 22.4. The SMILES string of the molecule is CC(F)(CCOC(C)(C)CCC(=O)NS)NC(=O)CCN1C(=O)CC(S)C1=O. The van der Waals surface area contributed by atoms with Crippen LogP contribution in [0.25, 0.3) is 0 Å². The molecule has 1 aliphatic heterocycles. The number of rotatable bonds is 11. The number of thiol groups is 2. The number of imide groups is 1. The van der Waals surface area contributed by atoms with E-state index in [-0.39, 0.29) is 50.6 Å². The van der Waals surface area contributed by atoms with Gasteiger partial charge in [-0.3, -0.25) is 24.1 Å². The van der Waals surface area contributed by atoms with Crippen molar-refractivity contribution in [1.82, 2.24) is 14.9 Å². The van der Waals surface area contributed by atoms with Crippen LogP contribution < -0.4 is 10.0 Å². The minimum atomic E-state index is -2.01. The summed E-state index contributed by atoms with van der Waals surface area (Å²) in [5.41, 5.74) is -0.639. The Labute approximate surface area is 175 Å². The first kappa shape index (κ1) is 24.7. The Morgan fingerprint density at radius 3 is 2.39 bits per heavy atom. The second-order valence-corrected chi connectivity index (χ2v) is 8.34. The molecule has 2 atom stereocenters. The van der Waals surface area contributed by atoms with E-state index >= 15 is 0 Å². The third-order valence-corrected chi connectivity index (χ3v) is 4.98. The van der Waals surface area contributed by atoms with Gasteiger partial charge in [0.25, 0.3) is 0 Å². The summed E-state index contributed by atoms with van der Waals surface area (Å²) in [6.07, 6.45) is 0.372. The molecule has 28 heavy (non-hydrogen) atoms. The highest BCUT2D eigenvalue weighted by molar-refractivity contribution is 7.81. The maximum atomic E-state index is 14.6. The lowest BCUT2D eigenvalue weighted by Crippen LogP contribution is -2.45. The molecule has 11 heteroatoms. The van der Waals surface area contributed by atoms with Crippen molar-refractivity contribution < 1.29 is 28.3 Å². The van der Waals surface area contributed by atoms with Gasteiger partial charge in [0.05, 0.1) is 17.5 Å². The first-order valence-electron chi connectivity index (χ1n) is 8.96. The van der Waals surface area contributed by atoms with Crippen LogP contribution in [-0.2, 0) is 23.9 Å². The van der Waals surface area contributed by atoms with E-state index in [2.05, 4.69) is 35.5 Å². The number of amides is 4. The number of hydrogen-bond donors (Lipinski definition) is 4. The Hall–Kier alpha value is -1.33. The zero-order valence-electron chi connectivity index (χ0n) is 16.3. The van der Waals surface area contributed by atoms with Crippen molar-refractivity contribution in [3.63, 3.8) is 0 Å². The van der Waals surface area contributed by atoms with Gasteiger partial charge in [0.15, 0.2) is 5.79 Å². The molecular weight excluding hydrogens is 409 g/mol. The normalized spacial score (nSPS) is 19.5. The number of ether oxygens (including phenoxy) is 1. The fourth-order valence-corrected chi connectivity index (χ4v) is 3.00. The lowest BCUT2D eigenvalue weighted by Gasteiger charge is -2.28. The second-order valence-electron chi connectivity index (χ2n) is 7.49. The van der Waals surface area contributed by atoms with Crippen LogP contribution in [0.15, 0.2) is 0 Å². The molecule has 0 bridgehead atoms. The average Bonchev–Trinajstić information content (AvgIpc) is 2.82. The molecule has 0 spiro atoms. The summed E-state index contributed by atoms with van der Waals surface area (Å²) in [5, 5.41) is 1.56. The Morgan fingerprint density at radius 2 is 1.86 bits per heavy atom. The number of nitrogens with zero attached hydrogens (tertiary/aromatic N) is 1.